The number of cyclic esters (lactones) is 1. The lowest BCUT2D eigenvalue weighted by Gasteiger charge is -2.12. The summed E-state index contributed by atoms with van der Waals surface area (Å²) in [6, 6.07) is 10.2. The van der Waals surface area contributed by atoms with Crippen molar-refractivity contribution >= 4 is 41.1 Å². The van der Waals surface area contributed by atoms with E-state index >= 15 is 0 Å². The summed E-state index contributed by atoms with van der Waals surface area (Å²) in [6.45, 7) is 8.46. The molecule has 0 aromatic heterocycles. The quantitative estimate of drug-likeness (QED) is 0.320. The fraction of sp³-hybridized carbons (Fsp3) is 0.182. The van der Waals surface area contributed by atoms with E-state index in [0.29, 0.717) is 40.3 Å². The van der Waals surface area contributed by atoms with Crippen molar-refractivity contribution in [1.82, 2.24) is 0 Å². The van der Waals surface area contributed by atoms with Gasteiger partial charge in [0.2, 0.25) is 5.90 Å². The summed E-state index contributed by atoms with van der Waals surface area (Å²) in [6.07, 6.45) is 1.62. The molecule has 5 nitrogen and oxygen atoms in total. The van der Waals surface area contributed by atoms with Crippen molar-refractivity contribution in [1.29, 1.82) is 0 Å². The molecule has 2 aromatic carbocycles. The zero-order chi connectivity index (χ0) is 21.0. The second-order valence-electron chi connectivity index (χ2n) is 6.35. The molecule has 7 heteroatoms. The summed E-state index contributed by atoms with van der Waals surface area (Å²) >= 11 is 12.1. The maximum Gasteiger partial charge on any atom is 0.363 e. The highest BCUT2D eigenvalue weighted by Crippen LogP contribution is 2.31. The Morgan fingerprint density at radius 3 is 2.66 bits per heavy atom. The molecule has 0 bridgehead atoms. The van der Waals surface area contributed by atoms with Crippen LogP contribution in [0.5, 0.6) is 11.5 Å². The molecule has 1 heterocycles. The molecule has 0 N–H and O–H groups in total. The minimum Gasteiger partial charge on any atom is -0.490 e. The largest absolute Gasteiger partial charge is 0.490 e. The number of esters is 1. The van der Waals surface area contributed by atoms with Crippen LogP contribution in [0.3, 0.4) is 0 Å². The van der Waals surface area contributed by atoms with Crippen LogP contribution in [0, 0.1) is 0 Å². The first-order chi connectivity index (χ1) is 13.9. The molecule has 0 saturated carbocycles. The van der Waals surface area contributed by atoms with Crippen LogP contribution >= 0.6 is 23.2 Å². The lowest BCUT2D eigenvalue weighted by molar-refractivity contribution is -0.129. The smallest absolute Gasteiger partial charge is 0.363 e. The lowest BCUT2D eigenvalue weighted by atomic mass is 10.1. The van der Waals surface area contributed by atoms with Gasteiger partial charge in [-0.3, -0.25) is 0 Å². The highest BCUT2D eigenvalue weighted by atomic mass is 35.5. The standard InChI is InChI=1S/C22H19Cl2NO4/c1-4-27-20-10-14(5-8-19(20)28-12-13(2)3)9-18-22(26)29-21(25-18)16-7-6-15(23)11-17(16)24/h5-11H,2,4,12H2,1,3H3/b18-9-. The van der Waals surface area contributed by atoms with Crippen molar-refractivity contribution in [3.05, 3.63) is 75.4 Å². The van der Waals surface area contributed by atoms with Gasteiger partial charge in [0.1, 0.15) is 6.61 Å². The molecule has 0 aliphatic carbocycles. The molecule has 29 heavy (non-hydrogen) atoms. The van der Waals surface area contributed by atoms with Gasteiger partial charge in [0.05, 0.1) is 17.2 Å². The molecule has 0 amide bonds. The predicted molar refractivity (Wildman–Crippen MR) is 115 cm³/mol. The van der Waals surface area contributed by atoms with Crippen LogP contribution in [0.4, 0.5) is 0 Å². The molecule has 0 saturated heterocycles. The highest BCUT2D eigenvalue weighted by Gasteiger charge is 2.25. The number of hydrogen-bond donors (Lipinski definition) is 0. The van der Waals surface area contributed by atoms with Crippen LogP contribution in [0.15, 0.2) is 59.2 Å². The Kier molecular flexibility index (Phi) is 6.62. The first-order valence-corrected chi connectivity index (χ1v) is 9.65. The Labute approximate surface area is 179 Å². The second-order valence-corrected chi connectivity index (χ2v) is 7.19. The van der Waals surface area contributed by atoms with E-state index in [4.69, 9.17) is 37.4 Å². The molecule has 150 valence electrons. The zero-order valence-electron chi connectivity index (χ0n) is 16.0. The Hall–Kier alpha value is -2.76. The molecule has 0 unspecified atom stereocenters. The van der Waals surface area contributed by atoms with E-state index < -0.39 is 5.97 Å². The maximum atomic E-state index is 12.3. The first kappa shape index (κ1) is 21.0. The average molecular weight is 432 g/mol. The van der Waals surface area contributed by atoms with Crippen molar-refractivity contribution in [2.24, 2.45) is 4.99 Å². The summed E-state index contributed by atoms with van der Waals surface area (Å²) < 4.78 is 16.6. The van der Waals surface area contributed by atoms with Crippen LogP contribution in [0.25, 0.3) is 6.08 Å². The predicted octanol–water partition coefficient (Wildman–Crippen LogP) is 5.69. The van der Waals surface area contributed by atoms with Crippen molar-refractivity contribution in [3.8, 4) is 11.5 Å². The van der Waals surface area contributed by atoms with Crippen molar-refractivity contribution in [2.45, 2.75) is 13.8 Å². The molecule has 3 rings (SSSR count). The minimum atomic E-state index is -0.563. The number of aliphatic imine (C=N–C) groups is 1. The topological polar surface area (TPSA) is 57.1 Å². The molecule has 0 spiro atoms. The number of hydrogen-bond acceptors (Lipinski definition) is 5. The van der Waals surface area contributed by atoms with Crippen molar-refractivity contribution in [3.63, 3.8) is 0 Å². The molecular formula is C22H19Cl2NO4. The highest BCUT2D eigenvalue weighted by molar-refractivity contribution is 6.37. The van der Waals surface area contributed by atoms with Gasteiger partial charge in [-0.15, -0.1) is 0 Å². The number of rotatable bonds is 7. The van der Waals surface area contributed by atoms with Gasteiger partial charge in [-0.1, -0.05) is 35.8 Å². The molecule has 0 atom stereocenters. The number of carbonyl (C=O) groups excluding carboxylic acids is 1. The number of ether oxygens (including phenoxy) is 3. The summed E-state index contributed by atoms with van der Waals surface area (Å²) in [4.78, 5) is 16.5. The van der Waals surface area contributed by atoms with Gasteiger partial charge in [-0.2, -0.15) is 0 Å². The zero-order valence-corrected chi connectivity index (χ0v) is 17.5. The third-order valence-corrected chi connectivity index (χ3v) is 4.37. The Balaban J connectivity index is 1.90. The second kappa shape index (κ2) is 9.16. The minimum absolute atomic E-state index is 0.134. The third kappa shape index (κ3) is 5.19. The van der Waals surface area contributed by atoms with Gasteiger partial charge in [0, 0.05) is 5.02 Å². The normalized spacial score (nSPS) is 14.6. The summed E-state index contributed by atoms with van der Waals surface area (Å²) in [7, 11) is 0. The third-order valence-electron chi connectivity index (χ3n) is 3.83. The fourth-order valence-corrected chi connectivity index (χ4v) is 3.04. The van der Waals surface area contributed by atoms with E-state index in [1.54, 1.807) is 42.5 Å². The van der Waals surface area contributed by atoms with E-state index in [-0.39, 0.29) is 11.6 Å². The van der Waals surface area contributed by atoms with E-state index in [9.17, 15) is 4.79 Å². The Bertz CT molecular complexity index is 1030. The molecular weight excluding hydrogens is 413 g/mol. The summed E-state index contributed by atoms with van der Waals surface area (Å²) in [5.41, 5.74) is 2.26. The molecule has 0 fully saturated rings. The summed E-state index contributed by atoms with van der Waals surface area (Å²) in [5.74, 6) is 0.739. The van der Waals surface area contributed by atoms with Gasteiger partial charge in [0.15, 0.2) is 17.2 Å². The Morgan fingerprint density at radius 1 is 1.17 bits per heavy atom. The van der Waals surface area contributed by atoms with E-state index in [1.807, 2.05) is 13.8 Å². The number of nitrogens with zero attached hydrogens (tertiary/aromatic N) is 1. The lowest BCUT2D eigenvalue weighted by Crippen LogP contribution is -2.06. The SMILES string of the molecule is C=C(C)COc1ccc(/C=C2\N=C(c3ccc(Cl)cc3Cl)OC2=O)cc1OCC. The van der Waals surface area contributed by atoms with Crippen LogP contribution < -0.4 is 9.47 Å². The first-order valence-electron chi connectivity index (χ1n) is 8.89. The van der Waals surface area contributed by atoms with Crippen LogP contribution in [0.1, 0.15) is 25.0 Å². The van der Waals surface area contributed by atoms with Crippen LogP contribution in [0.2, 0.25) is 10.0 Å². The maximum absolute atomic E-state index is 12.3. The van der Waals surface area contributed by atoms with Gasteiger partial charge in [-0.25, -0.2) is 9.79 Å². The van der Waals surface area contributed by atoms with Crippen molar-refractivity contribution in [2.75, 3.05) is 13.2 Å². The van der Waals surface area contributed by atoms with Crippen LogP contribution in [-0.4, -0.2) is 25.1 Å². The van der Waals surface area contributed by atoms with Gasteiger partial charge in [-0.05, 0) is 61.4 Å². The van der Waals surface area contributed by atoms with Gasteiger partial charge >= 0.3 is 5.97 Å². The van der Waals surface area contributed by atoms with Crippen LogP contribution in [-0.2, 0) is 9.53 Å². The molecule has 2 aromatic rings. The number of halogens is 2. The van der Waals surface area contributed by atoms with E-state index in [1.165, 1.54) is 0 Å². The summed E-state index contributed by atoms with van der Waals surface area (Å²) in [5, 5.41) is 0.833. The number of carbonyl (C=O) groups is 1. The monoisotopic (exact) mass is 431 g/mol. The molecule has 1 aliphatic heterocycles. The van der Waals surface area contributed by atoms with E-state index in [0.717, 1.165) is 11.1 Å². The van der Waals surface area contributed by atoms with Crippen molar-refractivity contribution < 1.29 is 19.0 Å². The fourth-order valence-electron chi connectivity index (χ4n) is 2.55. The van der Waals surface area contributed by atoms with E-state index in [2.05, 4.69) is 11.6 Å². The molecule has 1 aliphatic rings. The van der Waals surface area contributed by atoms with Gasteiger partial charge in [0.25, 0.3) is 0 Å². The van der Waals surface area contributed by atoms with Gasteiger partial charge < -0.3 is 14.2 Å². The molecule has 0 radical (unpaired) electrons. The Morgan fingerprint density at radius 2 is 1.97 bits per heavy atom. The average Bonchev–Trinajstić information content (AvgIpc) is 3.01. The number of benzene rings is 2.